The molecule has 1 amide bonds. The summed E-state index contributed by atoms with van der Waals surface area (Å²) < 4.78 is 4.63. The number of methoxy groups -OCH3 is 1. The monoisotopic (exact) mass is 326 g/mol. The molecule has 0 aliphatic heterocycles. The molecule has 24 heavy (non-hydrogen) atoms. The molecule has 3 N–H and O–H groups in total. The van der Waals surface area contributed by atoms with Crippen molar-refractivity contribution in [2.75, 3.05) is 13.7 Å². The van der Waals surface area contributed by atoms with Crippen LogP contribution in [-0.2, 0) is 22.4 Å². The maximum atomic E-state index is 12.4. The lowest BCUT2D eigenvalue weighted by Gasteiger charge is -2.13. The van der Waals surface area contributed by atoms with Crippen LogP contribution in [0.15, 0.2) is 54.6 Å². The van der Waals surface area contributed by atoms with Crippen molar-refractivity contribution in [1.29, 1.82) is 0 Å². The zero-order valence-corrected chi connectivity index (χ0v) is 13.7. The molecule has 2 rings (SSSR count). The molecule has 0 heterocycles. The lowest BCUT2D eigenvalue weighted by atomic mass is 10.00. The van der Waals surface area contributed by atoms with E-state index in [0.717, 1.165) is 12.0 Å². The molecule has 0 aromatic heterocycles. The molecular weight excluding hydrogens is 304 g/mol. The molecule has 0 saturated heterocycles. The summed E-state index contributed by atoms with van der Waals surface area (Å²) in [5.41, 5.74) is 8.23. The van der Waals surface area contributed by atoms with E-state index in [-0.39, 0.29) is 12.3 Å². The standard InChI is InChI=1S/C19H22N2O3/c1-24-19(23)17(20)13-15-9-5-6-10-16(15)18(22)21-12-11-14-7-3-2-4-8-14/h2-10,17H,11-13,20H2,1H3,(H,21,22)/t17-/m1/s1. The van der Waals surface area contributed by atoms with Gasteiger partial charge in [-0.15, -0.1) is 0 Å². The number of amides is 1. The van der Waals surface area contributed by atoms with Crippen LogP contribution in [0.3, 0.4) is 0 Å². The Hall–Kier alpha value is -2.66. The number of hydrogen-bond donors (Lipinski definition) is 2. The fourth-order valence-corrected chi connectivity index (χ4v) is 2.45. The first-order valence-corrected chi connectivity index (χ1v) is 7.85. The molecule has 5 heteroatoms. The number of esters is 1. The Morgan fingerprint density at radius 2 is 1.75 bits per heavy atom. The summed E-state index contributed by atoms with van der Waals surface area (Å²) in [6.07, 6.45) is 1.02. The van der Waals surface area contributed by atoms with Crippen LogP contribution in [-0.4, -0.2) is 31.6 Å². The third-order valence-corrected chi connectivity index (χ3v) is 3.75. The molecule has 2 aromatic rings. The second-order valence-corrected chi connectivity index (χ2v) is 5.48. The number of carbonyl (C=O) groups excluding carboxylic acids is 2. The molecule has 0 fully saturated rings. The van der Waals surface area contributed by atoms with Gasteiger partial charge in [0.1, 0.15) is 6.04 Å². The molecule has 0 saturated carbocycles. The van der Waals surface area contributed by atoms with E-state index in [9.17, 15) is 9.59 Å². The zero-order chi connectivity index (χ0) is 17.4. The predicted octanol–water partition coefficient (Wildman–Crippen LogP) is 1.70. The molecule has 0 aliphatic rings. The Labute approximate surface area is 141 Å². The van der Waals surface area contributed by atoms with E-state index in [4.69, 9.17) is 5.73 Å². The number of nitrogens with two attached hydrogens (primary N) is 1. The first-order chi connectivity index (χ1) is 11.6. The molecule has 5 nitrogen and oxygen atoms in total. The molecule has 0 unspecified atom stereocenters. The smallest absolute Gasteiger partial charge is 0.322 e. The molecule has 2 aromatic carbocycles. The van der Waals surface area contributed by atoms with Crippen LogP contribution in [0.1, 0.15) is 21.5 Å². The van der Waals surface area contributed by atoms with Gasteiger partial charge in [0, 0.05) is 12.1 Å². The summed E-state index contributed by atoms with van der Waals surface area (Å²) in [6.45, 7) is 0.542. The number of nitrogens with one attached hydrogen (secondary N) is 1. The first-order valence-electron chi connectivity index (χ1n) is 7.85. The topological polar surface area (TPSA) is 81.4 Å². The van der Waals surface area contributed by atoms with Crippen LogP contribution in [0.5, 0.6) is 0 Å². The largest absolute Gasteiger partial charge is 0.468 e. The highest BCUT2D eigenvalue weighted by molar-refractivity contribution is 5.95. The predicted molar refractivity (Wildman–Crippen MR) is 92.6 cm³/mol. The summed E-state index contributed by atoms with van der Waals surface area (Å²) in [6, 6.07) is 16.3. The summed E-state index contributed by atoms with van der Waals surface area (Å²) >= 11 is 0. The number of rotatable bonds is 7. The summed E-state index contributed by atoms with van der Waals surface area (Å²) in [7, 11) is 1.30. The van der Waals surface area contributed by atoms with Gasteiger partial charge in [-0.1, -0.05) is 48.5 Å². The minimum absolute atomic E-state index is 0.168. The lowest BCUT2D eigenvalue weighted by molar-refractivity contribution is -0.142. The molecule has 0 bridgehead atoms. The van der Waals surface area contributed by atoms with Gasteiger partial charge in [-0.05, 0) is 30.0 Å². The van der Waals surface area contributed by atoms with Crippen LogP contribution in [0, 0.1) is 0 Å². The summed E-state index contributed by atoms with van der Waals surface area (Å²) in [5, 5.41) is 2.91. The van der Waals surface area contributed by atoms with E-state index < -0.39 is 12.0 Å². The average Bonchev–Trinajstić information content (AvgIpc) is 2.62. The van der Waals surface area contributed by atoms with Gasteiger partial charge in [0.25, 0.3) is 5.91 Å². The average molecular weight is 326 g/mol. The van der Waals surface area contributed by atoms with Crippen LogP contribution in [0.4, 0.5) is 0 Å². The van der Waals surface area contributed by atoms with E-state index in [1.54, 1.807) is 18.2 Å². The van der Waals surface area contributed by atoms with Crippen LogP contribution in [0.2, 0.25) is 0 Å². The lowest BCUT2D eigenvalue weighted by Crippen LogP contribution is -2.35. The van der Waals surface area contributed by atoms with Crippen molar-refractivity contribution in [2.45, 2.75) is 18.9 Å². The highest BCUT2D eigenvalue weighted by atomic mass is 16.5. The highest BCUT2D eigenvalue weighted by Gasteiger charge is 2.18. The number of benzene rings is 2. The zero-order valence-electron chi connectivity index (χ0n) is 13.7. The quantitative estimate of drug-likeness (QED) is 0.759. The molecule has 1 atom stereocenters. The maximum Gasteiger partial charge on any atom is 0.322 e. The third-order valence-electron chi connectivity index (χ3n) is 3.75. The minimum Gasteiger partial charge on any atom is -0.468 e. The number of carbonyl (C=O) groups is 2. The van der Waals surface area contributed by atoms with Crippen molar-refractivity contribution in [3.8, 4) is 0 Å². The Bertz CT molecular complexity index is 686. The summed E-state index contributed by atoms with van der Waals surface area (Å²) in [4.78, 5) is 23.9. The van der Waals surface area contributed by atoms with E-state index in [1.165, 1.54) is 12.7 Å². The molecule has 0 aliphatic carbocycles. The van der Waals surface area contributed by atoms with Crippen LogP contribution < -0.4 is 11.1 Å². The van der Waals surface area contributed by atoms with Gasteiger partial charge in [0.05, 0.1) is 7.11 Å². The van der Waals surface area contributed by atoms with Gasteiger partial charge < -0.3 is 15.8 Å². The fourth-order valence-electron chi connectivity index (χ4n) is 2.45. The molecular formula is C19H22N2O3. The minimum atomic E-state index is -0.784. The number of ether oxygens (including phenoxy) is 1. The van der Waals surface area contributed by atoms with Gasteiger partial charge in [-0.25, -0.2) is 0 Å². The molecule has 126 valence electrons. The van der Waals surface area contributed by atoms with Gasteiger partial charge in [0.15, 0.2) is 0 Å². The Morgan fingerprint density at radius 1 is 1.08 bits per heavy atom. The molecule has 0 radical (unpaired) electrons. The van der Waals surface area contributed by atoms with E-state index in [0.29, 0.717) is 12.1 Å². The van der Waals surface area contributed by atoms with Crippen LogP contribution >= 0.6 is 0 Å². The maximum absolute atomic E-state index is 12.4. The highest BCUT2D eigenvalue weighted by Crippen LogP contribution is 2.11. The van der Waals surface area contributed by atoms with Crippen molar-refractivity contribution in [2.24, 2.45) is 5.73 Å². The van der Waals surface area contributed by atoms with Crippen LogP contribution in [0.25, 0.3) is 0 Å². The second-order valence-electron chi connectivity index (χ2n) is 5.48. The molecule has 0 spiro atoms. The van der Waals surface area contributed by atoms with Gasteiger partial charge in [0.2, 0.25) is 0 Å². The van der Waals surface area contributed by atoms with E-state index >= 15 is 0 Å². The second kappa shape index (κ2) is 8.84. The number of hydrogen-bond acceptors (Lipinski definition) is 4. The normalized spacial score (nSPS) is 11.6. The third kappa shape index (κ3) is 4.93. The van der Waals surface area contributed by atoms with E-state index in [1.807, 2.05) is 36.4 Å². The SMILES string of the molecule is COC(=O)[C@H](N)Cc1ccccc1C(=O)NCCc1ccccc1. The van der Waals surface area contributed by atoms with Gasteiger partial charge in [-0.3, -0.25) is 9.59 Å². The van der Waals surface area contributed by atoms with Crippen molar-refractivity contribution in [3.63, 3.8) is 0 Å². The Balaban J connectivity index is 1.97. The van der Waals surface area contributed by atoms with Gasteiger partial charge in [-0.2, -0.15) is 0 Å². The van der Waals surface area contributed by atoms with E-state index in [2.05, 4.69) is 10.1 Å². The van der Waals surface area contributed by atoms with Crippen molar-refractivity contribution in [1.82, 2.24) is 5.32 Å². The van der Waals surface area contributed by atoms with Crippen molar-refractivity contribution < 1.29 is 14.3 Å². The van der Waals surface area contributed by atoms with Crippen molar-refractivity contribution in [3.05, 3.63) is 71.3 Å². The summed E-state index contributed by atoms with van der Waals surface area (Å²) in [5.74, 6) is -0.659. The van der Waals surface area contributed by atoms with Gasteiger partial charge >= 0.3 is 5.97 Å². The Kier molecular flexibility index (Phi) is 6.51. The first kappa shape index (κ1) is 17.7. The Morgan fingerprint density at radius 3 is 2.46 bits per heavy atom. The van der Waals surface area contributed by atoms with Crippen molar-refractivity contribution >= 4 is 11.9 Å². The fraction of sp³-hybridized carbons (Fsp3) is 0.263.